The molecule has 4 rings (SSSR count). The van der Waals surface area contributed by atoms with Gasteiger partial charge in [0.2, 0.25) is 11.8 Å². The molecule has 2 aromatic rings. The lowest BCUT2D eigenvalue weighted by Crippen LogP contribution is -2.49. The summed E-state index contributed by atoms with van der Waals surface area (Å²) in [5, 5.41) is 4.34. The molecular formula is C24H28Cl2N4O2. The van der Waals surface area contributed by atoms with E-state index < -0.39 is 5.92 Å². The lowest BCUT2D eigenvalue weighted by Gasteiger charge is -2.37. The van der Waals surface area contributed by atoms with Gasteiger partial charge in [-0.2, -0.15) is 0 Å². The average molecular weight is 475 g/mol. The van der Waals surface area contributed by atoms with Crippen LogP contribution >= 0.6 is 23.2 Å². The van der Waals surface area contributed by atoms with Crippen LogP contribution in [0.3, 0.4) is 0 Å². The molecule has 2 fully saturated rings. The third-order valence-electron chi connectivity index (χ3n) is 6.27. The van der Waals surface area contributed by atoms with Crippen LogP contribution in [-0.2, 0) is 9.59 Å². The molecule has 32 heavy (non-hydrogen) atoms. The maximum absolute atomic E-state index is 12.7. The molecule has 0 aliphatic carbocycles. The Labute approximate surface area is 199 Å². The molecule has 2 amide bonds. The Balaban J connectivity index is 1.21. The van der Waals surface area contributed by atoms with Crippen molar-refractivity contribution in [1.29, 1.82) is 0 Å². The monoisotopic (exact) mass is 474 g/mol. The van der Waals surface area contributed by atoms with Crippen LogP contribution in [0.2, 0.25) is 10.0 Å². The third-order valence-corrected chi connectivity index (χ3v) is 6.76. The van der Waals surface area contributed by atoms with Crippen molar-refractivity contribution in [1.82, 2.24) is 10.2 Å². The number of anilines is 2. The van der Waals surface area contributed by atoms with E-state index >= 15 is 0 Å². The highest BCUT2D eigenvalue weighted by atomic mass is 35.5. The zero-order valence-corrected chi connectivity index (χ0v) is 19.7. The number of nitrogens with zero attached hydrogens (tertiary/aromatic N) is 3. The molecule has 1 atom stereocenters. The molecule has 1 N–H and O–H groups in total. The van der Waals surface area contributed by atoms with Crippen LogP contribution in [0.15, 0.2) is 42.5 Å². The molecule has 0 aromatic heterocycles. The van der Waals surface area contributed by atoms with Crippen LogP contribution in [0.1, 0.15) is 12.0 Å². The van der Waals surface area contributed by atoms with Crippen LogP contribution in [-0.4, -0.2) is 62.5 Å². The number of hydrogen-bond acceptors (Lipinski definition) is 4. The van der Waals surface area contributed by atoms with Crippen LogP contribution in [0.4, 0.5) is 11.4 Å². The van der Waals surface area contributed by atoms with Crippen LogP contribution < -0.4 is 15.1 Å². The molecule has 2 aliphatic rings. The van der Waals surface area contributed by atoms with Crippen molar-refractivity contribution < 1.29 is 9.59 Å². The van der Waals surface area contributed by atoms with Crippen molar-refractivity contribution in [3.05, 3.63) is 58.1 Å². The number of hydrogen-bond donors (Lipinski definition) is 1. The van der Waals surface area contributed by atoms with Gasteiger partial charge in [0.1, 0.15) is 5.92 Å². The molecule has 0 radical (unpaired) electrons. The fourth-order valence-corrected chi connectivity index (χ4v) is 4.69. The quantitative estimate of drug-likeness (QED) is 0.649. The molecule has 2 aromatic carbocycles. The van der Waals surface area contributed by atoms with Gasteiger partial charge in [-0.15, -0.1) is 0 Å². The summed E-state index contributed by atoms with van der Waals surface area (Å²) in [6, 6.07) is 13.1. The van der Waals surface area contributed by atoms with E-state index in [0.717, 1.165) is 43.4 Å². The summed E-state index contributed by atoms with van der Waals surface area (Å²) in [5.74, 6) is -0.941. The first-order valence-corrected chi connectivity index (χ1v) is 11.8. The molecule has 2 heterocycles. The molecule has 2 aliphatic heterocycles. The zero-order valence-electron chi connectivity index (χ0n) is 18.2. The largest absolute Gasteiger partial charge is 0.369 e. The minimum absolute atomic E-state index is 0.143. The maximum atomic E-state index is 12.7. The number of aryl methyl sites for hydroxylation is 1. The first-order chi connectivity index (χ1) is 15.4. The smallest absolute Gasteiger partial charge is 0.239 e. The number of benzene rings is 2. The Bertz CT molecular complexity index is 974. The number of carbonyl (C=O) groups is 2. The van der Waals surface area contributed by atoms with Gasteiger partial charge in [0, 0.05) is 67.2 Å². The lowest BCUT2D eigenvalue weighted by atomic mass is 10.1. The van der Waals surface area contributed by atoms with Crippen molar-refractivity contribution >= 4 is 46.4 Å². The fourth-order valence-electron chi connectivity index (χ4n) is 4.40. The molecular weight excluding hydrogens is 447 g/mol. The summed E-state index contributed by atoms with van der Waals surface area (Å²) in [7, 11) is 0. The van der Waals surface area contributed by atoms with Gasteiger partial charge in [-0.3, -0.25) is 14.5 Å². The standard InChI is InChI=1S/C24H28Cl2N4O2/c1-17-2-3-19(26)16-22(17)29-14-12-28(13-15-29)11-9-27-23(31)21-8-10-30(24(21)32)20-6-4-18(25)5-7-20/h2-7,16,21H,8-15H2,1H3,(H,27,31)/t21-/m0/s1. The first-order valence-electron chi connectivity index (χ1n) is 11.0. The summed E-state index contributed by atoms with van der Waals surface area (Å²) in [6.45, 7) is 7.66. The Morgan fingerprint density at radius 1 is 1.00 bits per heavy atom. The number of piperazine rings is 1. The average Bonchev–Trinajstić information content (AvgIpc) is 3.18. The van der Waals surface area contributed by atoms with Crippen molar-refractivity contribution in [3.8, 4) is 0 Å². The summed E-state index contributed by atoms with van der Waals surface area (Å²) in [5.41, 5.74) is 3.20. The molecule has 0 bridgehead atoms. The van der Waals surface area contributed by atoms with E-state index in [2.05, 4.69) is 28.1 Å². The molecule has 2 saturated heterocycles. The van der Waals surface area contributed by atoms with Gasteiger partial charge in [0.15, 0.2) is 0 Å². The SMILES string of the molecule is Cc1ccc(Cl)cc1N1CCN(CCNC(=O)[C@@H]2CCN(c3ccc(Cl)cc3)C2=O)CC1. The molecule has 0 unspecified atom stereocenters. The van der Waals surface area contributed by atoms with Gasteiger partial charge in [-0.05, 0) is 55.3 Å². The van der Waals surface area contributed by atoms with Crippen LogP contribution in [0.5, 0.6) is 0 Å². The van der Waals surface area contributed by atoms with Crippen LogP contribution in [0, 0.1) is 12.8 Å². The Kier molecular flexibility index (Phi) is 7.23. The van der Waals surface area contributed by atoms with E-state index in [9.17, 15) is 9.59 Å². The van der Waals surface area contributed by atoms with E-state index in [4.69, 9.17) is 23.2 Å². The van der Waals surface area contributed by atoms with Gasteiger partial charge in [-0.25, -0.2) is 0 Å². The molecule has 0 saturated carbocycles. The van der Waals surface area contributed by atoms with Gasteiger partial charge in [0.05, 0.1) is 0 Å². The van der Waals surface area contributed by atoms with E-state index in [-0.39, 0.29) is 11.8 Å². The lowest BCUT2D eigenvalue weighted by molar-refractivity contribution is -0.132. The highest BCUT2D eigenvalue weighted by molar-refractivity contribution is 6.31. The van der Waals surface area contributed by atoms with Crippen molar-refractivity contribution in [2.45, 2.75) is 13.3 Å². The number of halogens is 2. The zero-order chi connectivity index (χ0) is 22.7. The Morgan fingerprint density at radius 2 is 1.69 bits per heavy atom. The van der Waals surface area contributed by atoms with Crippen molar-refractivity contribution in [2.75, 3.05) is 55.6 Å². The summed E-state index contributed by atoms with van der Waals surface area (Å²) in [6.07, 6.45) is 0.533. The van der Waals surface area contributed by atoms with Gasteiger partial charge >= 0.3 is 0 Å². The number of carbonyl (C=O) groups excluding carboxylic acids is 2. The summed E-state index contributed by atoms with van der Waals surface area (Å²) >= 11 is 12.1. The highest BCUT2D eigenvalue weighted by Crippen LogP contribution is 2.27. The fraction of sp³-hybridized carbons (Fsp3) is 0.417. The minimum Gasteiger partial charge on any atom is -0.369 e. The predicted molar refractivity (Wildman–Crippen MR) is 130 cm³/mol. The van der Waals surface area contributed by atoms with Crippen molar-refractivity contribution in [3.63, 3.8) is 0 Å². The van der Waals surface area contributed by atoms with E-state index in [1.807, 2.05) is 24.3 Å². The second-order valence-corrected chi connectivity index (χ2v) is 9.23. The second-order valence-electron chi connectivity index (χ2n) is 8.36. The van der Waals surface area contributed by atoms with E-state index in [1.165, 1.54) is 11.3 Å². The maximum Gasteiger partial charge on any atom is 0.239 e. The first kappa shape index (κ1) is 22.9. The number of rotatable bonds is 6. The normalized spacial score (nSPS) is 19.5. The van der Waals surface area contributed by atoms with Crippen LogP contribution in [0.25, 0.3) is 0 Å². The summed E-state index contributed by atoms with van der Waals surface area (Å²) < 4.78 is 0. The Morgan fingerprint density at radius 3 is 2.41 bits per heavy atom. The minimum atomic E-state index is -0.617. The molecule has 6 nitrogen and oxygen atoms in total. The Hall–Kier alpha value is -2.28. The topological polar surface area (TPSA) is 55.9 Å². The molecule has 8 heteroatoms. The van der Waals surface area contributed by atoms with Gasteiger partial charge in [-0.1, -0.05) is 29.3 Å². The second kappa shape index (κ2) is 10.1. The van der Waals surface area contributed by atoms with Gasteiger partial charge in [0.25, 0.3) is 0 Å². The van der Waals surface area contributed by atoms with E-state index in [1.54, 1.807) is 17.0 Å². The number of nitrogens with one attached hydrogen (secondary N) is 1. The predicted octanol–water partition coefficient (Wildman–Crippen LogP) is 3.59. The van der Waals surface area contributed by atoms with Crippen molar-refractivity contribution in [2.24, 2.45) is 5.92 Å². The van der Waals surface area contributed by atoms with Gasteiger partial charge < -0.3 is 15.1 Å². The highest BCUT2D eigenvalue weighted by Gasteiger charge is 2.37. The molecule has 170 valence electrons. The third kappa shape index (κ3) is 5.20. The number of amides is 2. The molecule has 0 spiro atoms. The van der Waals surface area contributed by atoms with E-state index in [0.29, 0.717) is 24.5 Å². The summed E-state index contributed by atoms with van der Waals surface area (Å²) in [4.78, 5) is 31.7.